The zero-order valence-electron chi connectivity index (χ0n) is 57.5. The second kappa shape index (κ2) is 33.1. The maximum absolute atomic E-state index is 15.8. The predicted molar refractivity (Wildman–Crippen MR) is 357 cm³/mol. The van der Waals surface area contributed by atoms with E-state index in [0.717, 1.165) is 21.6 Å². The molecule has 0 aromatic heterocycles. The molecule has 20 nitrogen and oxygen atoms in total. The van der Waals surface area contributed by atoms with Gasteiger partial charge in [0.05, 0.1) is 5.60 Å². The molecule has 0 aliphatic carbocycles. The highest BCUT2D eigenvalue weighted by molar-refractivity contribution is 5.99. The Hall–Kier alpha value is -8.13. The minimum absolute atomic E-state index is 0.0310. The first kappa shape index (κ1) is 73.9. The van der Waals surface area contributed by atoms with Crippen LogP contribution in [0.4, 0.5) is 0 Å². The highest BCUT2D eigenvalue weighted by Gasteiger charge is 2.48. The summed E-state index contributed by atoms with van der Waals surface area (Å²) in [4.78, 5) is 143. The van der Waals surface area contributed by atoms with Gasteiger partial charge in [-0.15, -0.1) is 0 Å². The number of carbonyl (C=O) groups is 9. The summed E-state index contributed by atoms with van der Waals surface area (Å²) in [6.07, 6.45) is -0.145. The molecule has 93 heavy (non-hydrogen) atoms. The van der Waals surface area contributed by atoms with Crippen molar-refractivity contribution in [3.05, 3.63) is 126 Å². The predicted octanol–water partition coefficient (Wildman–Crippen LogP) is 7.62. The second-order valence-electron chi connectivity index (χ2n) is 27.2. The lowest BCUT2D eigenvalue weighted by molar-refractivity contribution is -0.177. The Morgan fingerprint density at radius 2 is 1.10 bits per heavy atom. The minimum atomic E-state index is -1.99. The highest BCUT2D eigenvalue weighted by atomic mass is 16.6. The van der Waals surface area contributed by atoms with Crippen molar-refractivity contribution in [2.24, 2.45) is 29.6 Å². The van der Waals surface area contributed by atoms with Gasteiger partial charge in [0.2, 0.25) is 41.4 Å². The fraction of sp³-hybridized carbons (Fsp3) is 0.548. The smallest absolute Gasteiger partial charge is 0.332 e. The summed E-state index contributed by atoms with van der Waals surface area (Å²) >= 11 is 0. The number of nitrogens with zero attached hydrogens (tertiary/aromatic N) is 5. The largest absolute Gasteiger partial charge is 0.489 e. The molecule has 11 atom stereocenters. The van der Waals surface area contributed by atoms with Crippen LogP contribution >= 0.6 is 0 Å². The lowest BCUT2D eigenvalue weighted by Crippen LogP contribution is -2.63. The molecule has 2 unspecified atom stereocenters. The Morgan fingerprint density at radius 1 is 0.559 bits per heavy atom. The first-order chi connectivity index (χ1) is 43.9. The topological polar surface area (TPSA) is 245 Å². The lowest BCUT2D eigenvalue weighted by Gasteiger charge is -2.39. The third kappa shape index (κ3) is 18.8. The van der Waals surface area contributed by atoms with Gasteiger partial charge in [-0.3, -0.25) is 38.4 Å². The van der Waals surface area contributed by atoms with E-state index in [1.165, 1.54) is 61.6 Å². The van der Waals surface area contributed by atoms with Crippen LogP contribution < -0.4 is 20.7 Å². The van der Waals surface area contributed by atoms with Crippen LogP contribution in [0.3, 0.4) is 0 Å². The van der Waals surface area contributed by atoms with Crippen molar-refractivity contribution in [3.8, 4) is 16.9 Å². The van der Waals surface area contributed by atoms with Crippen LogP contribution in [0.1, 0.15) is 132 Å². The Kier molecular flexibility index (Phi) is 26.3. The minimum Gasteiger partial charge on any atom is -0.489 e. The molecule has 2 saturated heterocycles. The number of benzene rings is 4. The molecule has 2 fully saturated rings. The maximum Gasteiger partial charge on any atom is 0.332 e. The van der Waals surface area contributed by atoms with Crippen LogP contribution in [0.2, 0.25) is 0 Å². The Balaban J connectivity index is 1.50. The van der Waals surface area contributed by atoms with Crippen molar-refractivity contribution >= 4 is 53.2 Å². The summed E-state index contributed by atoms with van der Waals surface area (Å²) in [7, 11) is 5.68. The molecule has 0 radical (unpaired) electrons. The van der Waals surface area contributed by atoms with E-state index in [4.69, 9.17) is 9.47 Å². The van der Waals surface area contributed by atoms with Gasteiger partial charge in [-0.25, -0.2) is 4.79 Å². The van der Waals surface area contributed by atoms with E-state index in [2.05, 4.69) is 16.0 Å². The second-order valence-corrected chi connectivity index (χ2v) is 27.2. The molecular weight excluding hydrogens is 1180 g/mol. The van der Waals surface area contributed by atoms with Gasteiger partial charge in [0, 0.05) is 53.5 Å². The zero-order chi connectivity index (χ0) is 68.8. The van der Waals surface area contributed by atoms with Crippen molar-refractivity contribution < 1.29 is 57.7 Å². The monoisotopic (exact) mass is 1280 g/mol. The van der Waals surface area contributed by atoms with Crippen molar-refractivity contribution in [1.82, 2.24) is 40.4 Å². The average Bonchev–Trinajstić information content (AvgIpc) is 1.84. The number of ether oxygens (including phenoxy) is 2. The molecule has 0 spiro atoms. The number of hydrogen-bond acceptors (Lipinski definition) is 12. The summed E-state index contributed by atoms with van der Waals surface area (Å²) in [5.74, 6) is -8.24. The SMILES string of the molecule is CC[C@H](C)[C@@H]1NC(=O)[C@@H]2CCCN2C(=O)[C@H](Cc2cccc(-c3ccc(OCc4ccccc4)cc3)c2)N(C)C(=O)[C@H](Cc2ccccc2)NC(=O)C(C(C)C)N(C)C(=O)[C@@H]([C@@H](C)CC)OC(=O)[C@H](C(C)(C)O)N(C)C(=O)[C@H](CC(C)C)NC(=O)C(C(C)C)N(C)C1=O. The third-order valence-electron chi connectivity index (χ3n) is 18.3. The molecule has 8 amide bonds. The number of nitrogens with one attached hydrogen (secondary N) is 3. The fourth-order valence-electron chi connectivity index (χ4n) is 12.7. The Labute approximate surface area is 550 Å². The van der Waals surface area contributed by atoms with Crippen molar-refractivity contribution in [2.45, 2.75) is 195 Å². The summed E-state index contributed by atoms with van der Waals surface area (Å²) in [6, 6.07) is 23.8. The zero-order valence-corrected chi connectivity index (χ0v) is 57.5. The normalized spacial score (nSPS) is 24.2. The van der Waals surface area contributed by atoms with Crippen LogP contribution in [0, 0.1) is 29.6 Å². The quantitative estimate of drug-likeness (QED) is 0.0747. The molecule has 4 aromatic rings. The number of rotatable bonds is 17. The lowest BCUT2D eigenvalue weighted by atomic mass is 9.93. The summed E-state index contributed by atoms with van der Waals surface area (Å²) < 4.78 is 12.2. The molecule has 2 aliphatic rings. The van der Waals surface area contributed by atoms with E-state index in [1.54, 1.807) is 53.7 Å². The molecule has 0 saturated carbocycles. The molecule has 20 heteroatoms. The van der Waals surface area contributed by atoms with Crippen LogP contribution in [-0.4, -0.2) is 178 Å². The number of fused-ring (bicyclic) bond motifs is 1. The molecule has 0 bridgehead atoms. The standard InChI is InChI=1S/C73H102N8O12/c1-17-47(9)59-70(88)78(14)60(45(5)6)65(83)74-55(39-44(3)4)68(86)80(16)63(73(11,12)91)72(90)93-62(48(10)18-2)71(89)79(15)61(46(7)8)66(84)75-56(41-49-27-21-19-22-28-49)67(85)77(13)58(69(87)81-38-26-33-57(81)64(82)76-59)42-51-31-25-32-53(40-51)52-34-36-54(37-35-52)92-43-50-29-23-20-24-30-50/h19-25,27-32,34-37,40,44-48,55-63,91H,17-18,26,33,38-39,41-43H2,1-16H3,(H,74,83)(H,75,84)(H,76,82)/t47-,48-,55-,56-,57-,58-,59-,60?,61?,62+,63+/m0/s1. The maximum atomic E-state index is 15.8. The number of carbonyl (C=O) groups excluding carboxylic acids is 9. The van der Waals surface area contributed by atoms with E-state index in [9.17, 15) is 19.5 Å². The van der Waals surface area contributed by atoms with Crippen molar-refractivity contribution in [1.29, 1.82) is 0 Å². The number of amides is 8. The third-order valence-corrected chi connectivity index (χ3v) is 18.3. The van der Waals surface area contributed by atoms with E-state index >= 15 is 28.8 Å². The molecule has 506 valence electrons. The van der Waals surface area contributed by atoms with E-state index < -0.39 is 137 Å². The highest BCUT2D eigenvalue weighted by Crippen LogP contribution is 2.30. The number of likely N-dealkylation sites (N-methyl/N-ethyl adjacent to an activating group) is 4. The number of aliphatic hydroxyl groups is 1. The van der Waals surface area contributed by atoms with Crippen molar-refractivity contribution in [3.63, 3.8) is 0 Å². The first-order valence-electron chi connectivity index (χ1n) is 33.0. The molecule has 4 aromatic carbocycles. The molecule has 6 rings (SSSR count). The molecular formula is C73H102N8O12. The van der Waals surface area contributed by atoms with Gasteiger partial charge < -0.3 is 55.0 Å². The number of esters is 1. The fourth-order valence-corrected chi connectivity index (χ4v) is 12.7. The average molecular weight is 1280 g/mol. The van der Waals surface area contributed by atoms with Gasteiger partial charge in [-0.2, -0.15) is 0 Å². The number of hydrogen-bond donors (Lipinski definition) is 4. The summed E-state index contributed by atoms with van der Waals surface area (Å²) in [5.41, 5.74) is 2.07. The van der Waals surface area contributed by atoms with Gasteiger partial charge in [-0.1, -0.05) is 173 Å². The first-order valence-corrected chi connectivity index (χ1v) is 33.0. The molecule has 4 N–H and O–H groups in total. The van der Waals surface area contributed by atoms with Gasteiger partial charge in [0.25, 0.3) is 5.91 Å². The van der Waals surface area contributed by atoms with Crippen molar-refractivity contribution in [2.75, 3.05) is 34.7 Å². The number of cyclic esters (lactones) is 1. The van der Waals surface area contributed by atoms with Gasteiger partial charge in [-0.05, 0) is 103 Å². The van der Waals surface area contributed by atoms with E-state index in [1.807, 2.05) is 125 Å². The summed E-state index contributed by atoms with van der Waals surface area (Å²) in [6.45, 7) is 21.0. The molecule has 2 heterocycles. The van der Waals surface area contributed by atoms with E-state index in [-0.39, 0.29) is 38.1 Å². The van der Waals surface area contributed by atoms with Gasteiger partial charge >= 0.3 is 5.97 Å². The Bertz CT molecular complexity index is 3210. The van der Waals surface area contributed by atoms with E-state index in [0.29, 0.717) is 42.7 Å². The van der Waals surface area contributed by atoms with Crippen LogP contribution in [-0.2, 0) is 67.3 Å². The molecule has 2 aliphatic heterocycles. The van der Waals surface area contributed by atoms with Crippen LogP contribution in [0.15, 0.2) is 109 Å². The van der Waals surface area contributed by atoms with Gasteiger partial charge in [0.15, 0.2) is 12.1 Å². The summed E-state index contributed by atoms with van der Waals surface area (Å²) in [5, 5.41) is 20.7. The van der Waals surface area contributed by atoms with Crippen LogP contribution in [0.5, 0.6) is 5.75 Å². The Morgan fingerprint density at radius 3 is 1.65 bits per heavy atom. The van der Waals surface area contributed by atoms with Gasteiger partial charge in [0.1, 0.15) is 54.6 Å². The van der Waals surface area contributed by atoms with Crippen LogP contribution in [0.25, 0.3) is 11.1 Å².